The third-order valence-corrected chi connectivity index (χ3v) is 3.35. The zero-order chi connectivity index (χ0) is 17.2. The van der Waals surface area contributed by atoms with Gasteiger partial charge in [0.1, 0.15) is 12.4 Å². The summed E-state index contributed by atoms with van der Waals surface area (Å²) in [4.78, 5) is 15.9. The van der Waals surface area contributed by atoms with Crippen LogP contribution >= 0.6 is 24.0 Å². The molecule has 1 atom stereocenters. The molecule has 0 radical (unpaired) electrons. The van der Waals surface area contributed by atoms with Crippen LogP contribution < -0.4 is 16.0 Å². The molecule has 24 heavy (non-hydrogen) atoms. The van der Waals surface area contributed by atoms with E-state index in [0.717, 1.165) is 12.0 Å². The molecule has 0 saturated carbocycles. The molecule has 7 heteroatoms. The van der Waals surface area contributed by atoms with Crippen molar-refractivity contribution in [3.05, 3.63) is 35.1 Å². The molecular weight excluding hydrogens is 422 g/mol. The van der Waals surface area contributed by atoms with Crippen molar-refractivity contribution >= 4 is 35.8 Å². The lowest BCUT2D eigenvalue weighted by molar-refractivity contribution is -0.119. The molecule has 0 fully saturated rings. The second-order valence-corrected chi connectivity index (χ2v) is 5.42. The van der Waals surface area contributed by atoms with Gasteiger partial charge in [0.15, 0.2) is 5.96 Å². The number of nitrogens with zero attached hydrogens (tertiary/aromatic N) is 1. The Hall–Kier alpha value is -1.38. The highest BCUT2D eigenvalue weighted by Gasteiger charge is 2.10. The molecule has 0 aliphatic rings. The number of aliphatic imine (C=N–C) groups is 1. The minimum absolute atomic E-state index is 0. The van der Waals surface area contributed by atoms with E-state index in [2.05, 4.69) is 20.9 Å². The standard InChI is InChI=1S/C17H27FN4O.HI/c1-5-9-20-16(23)11-21-17(19-6-2)22-13(4)14-8-7-12(3)15(18)10-14;/h7-8,10,13H,5-6,9,11H2,1-4H3,(H,20,23)(H2,19,21,22);1H. The summed E-state index contributed by atoms with van der Waals surface area (Å²) in [5.41, 5.74) is 1.45. The molecular formula is C17H28FIN4O. The summed E-state index contributed by atoms with van der Waals surface area (Å²) in [6.07, 6.45) is 0.893. The maximum Gasteiger partial charge on any atom is 0.241 e. The third kappa shape index (κ3) is 7.94. The van der Waals surface area contributed by atoms with E-state index in [1.807, 2.05) is 26.8 Å². The molecule has 1 rings (SSSR count). The molecule has 0 aliphatic carbocycles. The molecule has 1 aromatic carbocycles. The molecule has 5 nitrogen and oxygen atoms in total. The highest BCUT2D eigenvalue weighted by atomic mass is 127. The van der Waals surface area contributed by atoms with Crippen molar-refractivity contribution in [3.8, 4) is 0 Å². The summed E-state index contributed by atoms with van der Waals surface area (Å²) in [5.74, 6) is 0.197. The summed E-state index contributed by atoms with van der Waals surface area (Å²) >= 11 is 0. The summed E-state index contributed by atoms with van der Waals surface area (Å²) in [6, 6.07) is 5.03. The van der Waals surface area contributed by atoms with E-state index in [1.165, 1.54) is 6.07 Å². The second kappa shape index (κ2) is 12.0. The van der Waals surface area contributed by atoms with Crippen molar-refractivity contribution in [2.45, 2.75) is 40.2 Å². The predicted octanol–water partition coefficient (Wildman–Crippen LogP) is 2.89. The van der Waals surface area contributed by atoms with Gasteiger partial charge >= 0.3 is 0 Å². The number of amides is 1. The van der Waals surface area contributed by atoms with Gasteiger partial charge < -0.3 is 16.0 Å². The number of guanidine groups is 1. The van der Waals surface area contributed by atoms with Crippen LogP contribution in [0.15, 0.2) is 23.2 Å². The lowest BCUT2D eigenvalue weighted by atomic mass is 10.1. The van der Waals surface area contributed by atoms with E-state index >= 15 is 0 Å². The van der Waals surface area contributed by atoms with Gasteiger partial charge in [0.25, 0.3) is 0 Å². The number of nitrogens with one attached hydrogen (secondary N) is 3. The fourth-order valence-corrected chi connectivity index (χ4v) is 1.96. The number of hydrogen-bond donors (Lipinski definition) is 3. The first-order chi connectivity index (χ1) is 11.0. The average Bonchev–Trinajstić information content (AvgIpc) is 2.53. The Kier molecular flexibility index (Phi) is 11.4. The number of benzene rings is 1. The van der Waals surface area contributed by atoms with E-state index in [4.69, 9.17) is 0 Å². The maximum atomic E-state index is 13.7. The van der Waals surface area contributed by atoms with Crippen molar-refractivity contribution in [1.82, 2.24) is 16.0 Å². The Labute approximate surface area is 160 Å². The van der Waals surface area contributed by atoms with Gasteiger partial charge in [-0.15, -0.1) is 24.0 Å². The molecule has 1 unspecified atom stereocenters. The monoisotopic (exact) mass is 450 g/mol. The van der Waals surface area contributed by atoms with Crippen LogP contribution in [0.1, 0.15) is 44.4 Å². The lowest BCUT2D eigenvalue weighted by Crippen LogP contribution is -2.39. The topological polar surface area (TPSA) is 65.5 Å². The average molecular weight is 450 g/mol. The van der Waals surface area contributed by atoms with Gasteiger partial charge in [0, 0.05) is 13.1 Å². The second-order valence-electron chi connectivity index (χ2n) is 5.42. The summed E-state index contributed by atoms with van der Waals surface area (Å²) in [5, 5.41) is 9.05. The van der Waals surface area contributed by atoms with Crippen LogP contribution in [-0.4, -0.2) is 31.5 Å². The molecule has 136 valence electrons. The number of aryl methyl sites for hydroxylation is 1. The van der Waals surface area contributed by atoms with E-state index in [0.29, 0.717) is 24.6 Å². The molecule has 1 amide bonds. The largest absolute Gasteiger partial charge is 0.357 e. The highest BCUT2D eigenvalue weighted by Crippen LogP contribution is 2.16. The summed E-state index contributed by atoms with van der Waals surface area (Å²) in [6.45, 7) is 8.99. The number of hydrogen-bond acceptors (Lipinski definition) is 2. The molecule has 0 saturated heterocycles. The Bertz CT molecular complexity index is 551. The Morgan fingerprint density at radius 1 is 1.29 bits per heavy atom. The third-order valence-electron chi connectivity index (χ3n) is 3.35. The zero-order valence-electron chi connectivity index (χ0n) is 14.8. The quantitative estimate of drug-likeness (QED) is 0.340. The van der Waals surface area contributed by atoms with Crippen molar-refractivity contribution in [2.75, 3.05) is 19.6 Å². The van der Waals surface area contributed by atoms with Gasteiger partial charge in [-0.2, -0.15) is 0 Å². The van der Waals surface area contributed by atoms with Crippen LogP contribution in [0.5, 0.6) is 0 Å². The zero-order valence-corrected chi connectivity index (χ0v) is 17.1. The first kappa shape index (κ1) is 22.6. The van der Waals surface area contributed by atoms with Gasteiger partial charge in [0.2, 0.25) is 5.91 Å². The minimum Gasteiger partial charge on any atom is -0.357 e. The van der Waals surface area contributed by atoms with Crippen molar-refractivity contribution in [3.63, 3.8) is 0 Å². The van der Waals surface area contributed by atoms with Gasteiger partial charge in [-0.25, -0.2) is 9.38 Å². The first-order valence-corrected chi connectivity index (χ1v) is 8.05. The molecule has 0 aromatic heterocycles. The lowest BCUT2D eigenvalue weighted by Gasteiger charge is -2.18. The Morgan fingerprint density at radius 3 is 2.58 bits per heavy atom. The molecule has 0 heterocycles. The van der Waals surface area contributed by atoms with Crippen LogP contribution in [0.4, 0.5) is 4.39 Å². The molecule has 0 aliphatic heterocycles. The smallest absolute Gasteiger partial charge is 0.241 e. The Balaban J connectivity index is 0.00000529. The first-order valence-electron chi connectivity index (χ1n) is 8.05. The van der Waals surface area contributed by atoms with E-state index in [9.17, 15) is 9.18 Å². The van der Waals surface area contributed by atoms with Gasteiger partial charge in [-0.3, -0.25) is 4.79 Å². The molecule has 0 spiro atoms. The van der Waals surface area contributed by atoms with E-state index in [-0.39, 0.29) is 48.3 Å². The fourth-order valence-electron chi connectivity index (χ4n) is 1.96. The number of halogens is 2. The molecule has 0 bridgehead atoms. The van der Waals surface area contributed by atoms with Crippen LogP contribution in [-0.2, 0) is 4.79 Å². The van der Waals surface area contributed by atoms with Crippen LogP contribution in [0.2, 0.25) is 0 Å². The number of carbonyl (C=O) groups excluding carboxylic acids is 1. The van der Waals surface area contributed by atoms with Crippen molar-refractivity contribution < 1.29 is 9.18 Å². The SMILES string of the molecule is CCCNC(=O)CN=C(NCC)NC(C)c1ccc(C)c(F)c1.I. The van der Waals surface area contributed by atoms with E-state index < -0.39 is 0 Å². The van der Waals surface area contributed by atoms with Gasteiger partial charge in [-0.05, 0) is 44.4 Å². The van der Waals surface area contributed by atoms with Crippen LogP contribution in [0.25, 0.3) is 0 Å². The Morgan fingerprint density at radius 2 is 2.00 bits per heavy atom. The van der Waals surface area contributed by atoms with Crippen molar-refractivity contribution in [2.24, 2.45) is 4.99 Å². The van der Waals surface area contributed by atoms with Gasteiger partial charge in [-0.1, -0.05) is 19.1 Å². The van der Waals surface area contributed by atoms with Crippen molar-refractivity contribution in [1.29, 1.82) is 0 Å². The highest BCUT2D eigenvalue weighted by molar-refractivity contribution is 14.0. The maximum absolute atomic E-state index is 13.7. The van der Waals surface area contributed by atoms with Gasteiger partial charge in [0.05, 0.1) is 6.04 Å². The summed E-state index contributed by atoms with van der Waals surface area (Å²) in [7, 11) is 0. The predicted molar refractivity (Wildman–Crippen MR) is 107 cm³/mol. The number of carbonyl (C=O) groups is 1. The minimum atomic E-state index is -0.225. The molecule has 3 N–H and O–H groups in total. The normalized spacial score (nSPS) is 12.1. The number of rotatable bonds is 7. The summed E-state index contributed by atoms with van der Waals surface area (Å²) < 4.78 is 13.7. The molecule has 1 aromatic rings. The van der Waals surface area contributed by atoms with Crippen LogP contribution in [0.3, 0.4) is 0 Å². The van der Waals surface area contributed by atoms with Crippen LogP contribution in [0, 0.1) is 12.7 Å². The van der Waals surface area contributed by atoms with E-state index in [1.54, 1.807) is 13.0 Å². The fraction of sp³-hybridized carbons (Fsp3) is 0.529.